The van der Waals surface area contributed by atoms with Gasteiger partial charge in [0.15, 0.2) is 11.0 Å². The minimum atomic E-state index is -0.0468. The molecular weight excluding hydrogens is 432 g/mol. The molecule has 1 fully saturated rings. The van der Waals surface area contributed by atoms with Gasteiger partial charge >= 0.3 is 0 Å². The lowest BCUT2D eigenvalue weighted by Crippen LogP contribution is -2.44. The van der Waals surface area contributed by atoms with Crippen molar-refractivity contribution in [1.82, 2.24) is 19.7 Å². The average Bonchev–Trinajstić information content (AvgIpc) is 3.22. The molecule has 7 nitrogen and oxygen atoms in total. The maximum absolute atomic E-state index is 12.6. The van der Waals surface area contributed by atoms with Crippen LogP contribution in [0.25, 0.3) is 11.4 Å². The molecule has 2 heterocycles. The average molecular weight is 465 g/mol. The minimum Gasteiger partial charge on any atom is -0.369 e. The maximum Gasteiger partial charge on any atom is 0.234 e. The predicted octanol–water partition coefficient (Wildman–Crippen LogP) is 4.06. The number of piperazine rings is 1. The van der Waals surface area contributed by atoms with E-state index < -0.39 is 0 Å². The molecule has 0 radical (unpaired) electrons. The lowest BCUT2D eigenvalue weighted by Gasteiger charge is -2.35. The van der Waals surface area contributed by atoms with Crippen molar-refractivity contribution in [1.29, 1.82) is 0 Å². The van der Waals surface area contributed by atoms with E-state index in [-0.39, 0.29) is 11.7 Å². The number of amides is 1. The highest BCUT2D eigenvalue weighted by atomic mass is 32.2. The smallest absolute Gasteiger partial charge is 0.234 e. The molecule has 0 unspecified atom stereocenters. The van der Waals surface area contributed by atoms with Crippen molar-refractivity contribution in [2.75, 3.05) is 49.2 Å². The van der Waals surface area contributed by atoms with Gasteiger partial charge in [-0.25, -0.2) is 0 Å². The molecule has 0 bridgehead atoms. The second kappa shape index (κ2) is 10.4. The van der Waals surface area contributed by atoms with Gasteiger partial charge in [0.1, 0.15) is 0 Å². The van der Waals surface area contributed by atoms with Gasteiger partial charge in [0.25, 0.3) is 0 Å². The maximum atomic E-state index is 12.6. The van der Waals surface area contributed by atoms with Gasteiger partial charge in [-0.2, -0.15) is 0 Å². The Morgan fingerprint density at radius 3 is 2.55 bits per heavy atom. The molecule has 2 aromatic carbocycles. The Balaban J connectivity index is 1.37. The lowest BCUT2D eigenvalue weighted by atomic mass is 10.1. The Kier molecular flexibility index (Phi) is 7.35. The van der Waals surface area contributed by atoms with Crippen molar-refractivity contribution < 1.29 is 4.79 Å². The van der Waals surface area contributed by atoms with E-state index in [1.54, 1.807) is 0 Å². The van der Waals surface area contributed by atoms with E-state index in [9.17, 15) is 4.79 Å². The highest BCUT2D eigenvalue weighted by molar-refractivity contribution is 7.99. The third-order valence-electron chi connectivity index (χ3n) is 5.97. The monoisotopic (exact) mass is 464 g/mol. The van der Waals surface area contributed by atoms with Gasteiger partial charge in [0.05, 0.1) is 5.75 Å². The number of likely N-dealkylation sites (N-methyl/N-ethyl adjacent to an activating group) is 1. The topological polar surface area (TPSA) is 66.3 Å². The van der Waals surface area contributed by atoms with Gasteiger partial charge in [-0.3, -0.25) is 4.79 Å². The van der Waals surface area contributed by atoms with Crippen LogP contribution in [0.15, 0.2) is 47.6 Å². The third-order valence-corrected chi connectivity index (χ3v) is 6.93. The molecule has 0 spiro atoms. The summed E-state index contributed by atoms with van der Waals surface area (Å²) >= 11 is 1.41. The normalized spacial score (nSPS) is 14.5. The van der Waals surface area contributed by atoms with E-state index in [4.69, 9.17) is 0 Å². The van der Waals surface area contributed by atoms with E-state index in [0.29, 0.717) is 0 Å². The van der Waals surface area contributed by atoms with Crippen molar-refractivity contribution in [2.24, 2.45) is 0 Å². The SMILES string of the molecule is CCn1c(SCC(=O)Nc2ccc(N3CCN(C)CC3)c(C)c2)nnc1-c1cccc(C)c1. The molecule has 1 amide bonds. The molecule has 3 aromatic rings. The number of nitrogens with one attached hydrogen (secondary N) is 1. The van der Waals surface area contributed by atoms with Gasteiger partial charge in [0.2, 0.25) is 5.91 Å². The van der Waals surface area contributed by atoms with E-state index >= 15 is 0 Å². The van der Waals surface area contributed by atoms with Crippen molar-refractivity contribution in [3.05, 3.63) is 53.6 Å². The largest absolute Gasteiger partial charge is 0.369 e. The fourth-order valence-electron chi connectivity index (χ4n) is 4.14. The molecule has 0 saturated carbocycles. The first kappa shape index (κ1) is 23.3. The lowest BCUT2D eigenvalue weighted by molar-refractivity contribution is -0.113. The Morgan fingerprint density at radius 1 is 1.06 bits per heavy atom. The van der Waals surface area contributed by atoms with Crippen LogP contribution in [0.3, 0.4) is 0 Å². The van der Waals surface area contributed by atoms with Crippen molar-refractivity contribution >= 4 is 29.0 Å². The third kappa shape index (κ3) is 5.57. The summed E-state index contributed by atoms with van der Waals surface area (Å²) in [6, 6.07) is 14.4. The van der Waals surface area contributed by atoms with E-state index in [1.807, 2.05) is 18.2 Å². The number of anilines is 2. The molecule has 174 valence electrons. The second-order valence-electron chi connectivity index (χ2n) is 8.55. The Bertz CT molecular complexity index is 1120. The van der Waals surface area contributed by atoms with E-state index in [2.05, 4.69) is 82.0 Å². The number of carbonyl (C=O) groups is 1. The fourth-order valence-corrected chi connectivity index (χ4v) is 4.94. The second-order valence-corrected chi connectivity index (χ2v) is 9.49. The van der Waals surface area contributed by atoms with Crippen LogP contribution in [-0.2, 0) is 11.3 Å². The number of nitrogens with zero attached hydrogens (tertiary/aromatic N) is 5. The summed E-state index contributed by atoms with van der Waals surface area (Å²) in [5, 5.41) is 12.5. The van der Waals surface area contributed by atoms with Crippen LogP contribution in [-0.4, -0.2) is 64.6 Å². The Labute approximate surface area is 200 Å². The van der Waals surface area contributed by atoms with Gasteiger partial charge in [-0.15, -0.1) is 10.2 Å². The summed E-state index contributed by atoms with van der Waals surface area (Å²) < 4.78 is 2.06. The Hall–Kier alpha value is -2.84. The van der Waals surface area contributed by atoms with Crippen LogP contribution >= 0.6 is 11.8 Å². The molecule has 1 saturated heterocycles. The molecule has 1 N–H and O–H groups in total. The molecule has 1 aromatic heterocycles. The van der Waals surface area contributed by atoms with Crippen LogP contribution < -0.4 is 10.2 Å². The summed E-state index contributed by atoms with van der Waals surface area (Å²) in [5.41, 5.74) is 5.47. The highest BCUT2D eigenvalue weighted by Crippen LogP contribution is 2.26. The summed E-state index contributed by atoms with van der Waals surface area (Å²) in [4.78, 5) is 17.4. The zero-order valence-corrected chi connectivity index (χ0v) is 20.7. The highest BCUT2D eigenvalue weighted by Gasteiger charge is 2.17. The van der Waals surface area contributed by atoms with Gasteiger partial charge < -0.3 is 19.7 Å². The molecule has 1 aliphatic heterocycles. The quantitative estimate of drug-likeness (QED) is 0.532. The van der Waals surface area contributed by atoms with E-state index in [1.165, 1.54) is 28.6 Å². The number of hydrogen-bond acceptors (Lipinski definition) is 6. The molecule has 0 aliphatic carbocycles. The van der Waals surface area contributed by atoms with Crippen LogP contribution in [0.1, 0.15) is 18.1 Å². The van der Waals surface area contributed by atoms with E-state index in [0.717, 1.165) is 55.0 Å². The fraction of sp³-hybridized carbons (Fsp3) is 0.400. The van der Waals surface area contributed by atoms with Crippen LogP contribution in [0.2, 0.25) is 0 Å². The van der Waals surface area contributed by atoms with Crippen LogP contribution in [0, 0.1) is 13.8 Å². The van der Waals surface area contributed by atoms with Crippen molar-refractivity contribution in [3.63, 3.8) is 0 Å². The molecular formula is C25H32N6OS. The zero-order valence-electron chi connectivity index (χ0n) is 19.8. The van der Waals surface area contributed by atoms with Gasteiger partial charge in [0, 0.05) is 49.7 Å². The number of aryl methyl sites for hydroxylation is 2. The number of carbonyl (C=O) groups excluding carboxylic acids is 1. The standard InChI is InChI=1S/C25H32N6OS/c1-5-31-24(20-8-6-7-18(2)15-20)27-28-25(31)33-17-23(32)26-21-9-10-22(19(3)16-21)30-13-11-29(4)12-14-30/h6-10,15-16H,5,11-14,17H2,1-4H3,(H,26,32). The van der Waals surface area contributed by atoms with Crippen molar-refractivity contribution in [2.45, 2.75) is 32.5 Å². The van der Waals surface area contributed by atoms with Crippen LogP contribution in [0.5, 0.6) is 0 Å². The first-order chi connectivity index (χ1) is 15.9. The summed E-state index contributed by atoms with van der Waals surface area (Å²) in [6.45, 7) is 11.2. The first-order valence-electron chi connectivity index (χ1n) is 11.4. The summed E-state index contributed by atoms with van der Waals surface area (Å²) in [7, 11) is 2.16. The van der Waals surface area contributed by atoms with Crippen molar-refractivity contribution in [3.8, 4) is 11.4 Å². The minimum absolute atomic E-state index is 0.0468. The van der Waals surface area contributed by atoms with Crippen LogP contribution in [0.4, 0.5) is 11.4 Å². The number of rotatable bonds is 7. The molecule has 4 rings (SSSR count). The van der Waals surface area contributed by atoms with Gasteiger partial charge in [-0.1, -0.05) is 35.5 Å². The number of benzene rings is 2. The summed E-state index contributed by atoms with van der Waals surface area (Å²) in [6.07, 6.45) is 0. The number of hydrogen-bond donors (Lipinski definition) is 1. The summed E-state index contributed by atoms with van der Waals surface area (Å²) in [5.74, 6) is 1.07. The number of aromatic nitrogens is 3. The van der Waals surface area contributed by atoms with Gasteiger partial charge in [-0.05, 0) is 57.6 Å². The molecule has 0 atom stereocenters. The predicted molar refractivity (Wildman–Crippen MR) is 136 cm³/mol. The number of thioether (sulfide) groups is 1. The molecule has 8 heteroatoms. The first-order valence-corrected chi connectivity index (χ1v) is 12.4. The Morgan fingerprint density at radius 2 is 1.85 bits per heavy atom. The molecule has 1 aliphatic rings. The zero-order chi connectivity index (χ0) is 23.4. The molecule has 33 heavy (non-hydrogen) atoms.